The lowest BCUT2D eigenvalue weighted by molar-refractivity contribution is 0.102. The first-order valence-corrected chi connectivity index (χ1v) is 6.91. The quantitative estimate of drug-likeness (QED) is 0.871. The van der Waals surface area contributed by atoms with Gasteiger partial charge in [0.1, 0.15) is 0 Å². The molecule has 2 aromatic rings. The monoisotopic (exact) mass is 311 g/mol. The Bertz CT molecular complexity index is 522. The maximum Gasteiger partial charge on any atom is 0.260 e. The second-order valence-electron chi connectivity index (χ2n) is 3.29. The molecule has 0 aliphatic carbocycles. The molecule has 0 saturated carbocycles. The molecule has 0 aliphatic rings. The fourth-order valence-electron chi connectivity index (χ4n) is 1.33. The molecular weight excluding hydrogens is 302 g/mol. The van der Waals surface area contributed by atoms with Gasteiger partial charge in [-0.3, -0.25) is 4.79 Å². The lowest BCUT2D eigenvalue weighted by Crippen LogP contribution is -2.11. The largest absolute Gasteiger partial charge is 0.457 e. The number of carbonyl (C=O) groups is 1. The average molecular weight is 312 g/mol. The summed E-state index contributed by atoms with van der Waals surface area (Å²) in [6.07, 6.45) is 3.48. The molecule has 5 heteroatoms. The van der Waals surface area contributed by atoms with E-state index in [-0.39, 0.29) is 5.91 Å². The first kappa shape index (κ1) is 12.3. The molecular formula is C12H10BrNO2S. The van der Waals surface area contributed by atoms with Crippen LogP contribution in [0.2, 0.25) is 0 Å². The van der Waals surface area contributed by atoms with Crippen molar-refractivity contribution in [2.45, 2.75) is 4.90 Å². The number of amides is 1. The molecule has 0 fully saturated rings. The van der Waals surface area contributed by atoms with Crippen LogP contribution in [0.15, 0.2) is 50.6 Å². The zero-order valence-corrected chi connectivity index (χ0v) is 11.5. The Balaban J connectivity index is 2.10. The molecule has 17 heavy (non-hydrogen) atoms. The third-order valence-corrected chi connectivity index (χ3v) is 3.57. The minimum Gasteiger partial charge on any atom is -0.457 e. The molecule has 0 radical (unpaired) electrons. The van der Waals surface area contributed by atoms with E-state index in [2.05, 4.69) is 21.2 Å². The Morgan fingerprint density at radius 1 is 1.29 bits per heavy atom. The lowest BCUT2D eigenvalue weighted by atomic mass is 10.3. The highest BCUT2D eigenvalue weighted by Gasteiger charge is 2.12. The van der Waals surface area contributed by atoms with Gasteiger partial charge < -0.3 is 9.73 Å². The van der Waals surface area contributed by atoms with Gasteiger partial charge in [-0.1, -0.05) is 0 Å². The number of nitrogens with one attached hydrogen (secondary N) is 1. The Kier molecular flexibility index (Phi) is 3.91. The third-order valence-electron chi connectivity index (χ3n) is 2.21. The fraction of sp³-hybridized carbons (Fsp3) is 0.0833. The van der Waals surface area contributed by atoms with Gasteiger partial charge in [0, 0.05) is 10.6 Å². The first-order valence-electron chi connectivity index (χ1n) is 4.89. The Hall–Kier alpha value is -1.20. The lowest BCUT2D eigenvalue weighted by Gasteiger charge is -2.04. The van der Waals surface area contributed by atoms with Gasteiger partial charge in [0.15, 0.2) is 4.67 Å². The van der Waals surface area contributed by atoms with Crippen LogP contribution in [0.1, 0.15) is 10.4 Å². The van der Waals surface area contributed by atoms with Gasteiger partial charge in [-0.15, -0.1) is 11.8 Å². The van der Waals surface area contributed by atoms with Gasteiger partial charge in [0.05, 0.1) is 11.8 Å². The van der Waals surface area contributed by atoms with E-state index in [9.17, 15) is 4.79 Å². The van der Waals surface area contributed by atoms with E-state index in [4.69, 9.17) is 4.42 Å². The van der Waals surface area contributed by atoms with Crippen molar-refractivity contribution in [3.63, 3.8) is 0 Å². The molecule has 1 heterocycles. The predicted octanol–water partition coefficient (Wildman–Crippen LogP) is 4.02. The van der Waals surface area contributed by atoms with Crippen molar-refractivity contribution in [1.29, 1.82) is 0 Å². The highest BCUT2D eigenvalue weighted by molar-refractivity contribution is 9.10. The molecule has 0 unspecified atom stereocenters. The molecule has 1 aromatic heterocycles. The molecule has 0 atom stereocenters. The van der Waals surface area contributed by atoms with Crippen molar-refractivity contribution in [2.75, 3.05) is 11.6 Å². The molecule has 1 aromatic carbocycles. The highest BCUT2D eigenvalue weighted by Crippen LogP contribution is 2.21. The Morgan fingerprint density at radius 2 is 2.00 bits per heavy atom. The summed E-state index contributed by atoms with van der Waals surface area (Å²) in [6, 6.07) is 9.29. The number of carbonyl (C=O) groups excluding carboxylic acids is 1. The molecule has 0 aliphatic heterocycles. The van der Waals surface area contributed by atoms with E-state index >= 15 is 0 Å². The molecule has 0 spiro atoms. The number of hydrogen-bond donors (Lipinski definition) is 1. The molecule has 1 amide bonds. The number of halogens is 1. The third kappa shape index (κ3) is 2.92. The minimum absolute atomic E-state index is 0.192. The van der Waals surface area contributed by atoms with Crippen LogP contribution in [0.4, 0.5) is 5.69 Å². The Labute approximate surface area is 112 Å². The zero-order valence-electron chi connectivity index (χ0n) is 9.07. The summed E-state index contributed by atoms with van der Waals surface area (Å²) >= 11 is 4.83. The van der Waals surface area contributed by atoms with Gasteiger partial charge in [0.25, 0.3) is 5.91 Å². The molecule has 3 nitrogen and oxygen atoms in total. The molecule has 1 N–H and O–H groups in total. The highest BCUT2D eigenvalue weighted by atomic mass is 79.9. The molecule has 88 valence electrons. The SMILES string of the molecule is CSc1ccc(NC(=O)c2ccoc2Br)cc1. The number of benzene rings is 1. The summed E-state index contributed by atoms with van der Waals surface area (Å²) in [4.78, 5) is 13.0. The van der Waals surface area contributed by atoms with Crippen LogP contribution in [-0.4, -0.2) is 12.2 Å². The van der Waals surface area contributed by atoms with Crippen LogP contribution in [-0.2, 0) is 0 Å². The summed E-state index contributed by atoms with van der Waals surface area (Å²) in [5.41, 5.74) is 1.25. The average Bonchev–Trinajstić information content (AvgIpc) is 2.76. The van der Waals surface area contributed by atoms with Crippen LogP contribution in [0.5, 0.6) is 0 Å². The summed E-state index contributed by atoms with van der Waals surface area (Å²) in [5.74, 6) is -0.192. The maximum atomic E-state index is 11.8. The van der Waals surface area contributed by atoms with Crippen LogP contribution >= 0.6 is 27.7 Å². The number of rotatable bonds is 3. The van der Waals surface area contributed by atoms with Gasteiger partial charge in [0.2, 0.25) is 0 Å². The van der Waals surface area contributed by atoms with E-state index in [0.29, 0.717) is 10.2 Å². The van der Waals surface area contributed by atoms with E-state index < -0.39 is 0 Å². The van der Waals surface area contributed by atoms with Crippen LogP contribution in [0, 0.1) is 0 Å². The molecule has 2 rings (SSSR count). The second kappa shape index (κ2) is 5.42. The minimum atomic E-state index is -0.192. The normalized spacial score (nSPS) is 10.2. The molecule has 0 saturated heterocycles. The van der Waals surface area contributed by atoms with Crippen LogP contribution in [0.3, 0.4) is 0 Å². The van der Waals surface area contributed by atoms with Crippen molar-refractivity contribution in [3.8, 4) is 0 Å². The van der Waals surface area contributed by atoms with Crippen molar-refractivity contribution in [1.82, 2.24) is 0 Å². The van der Waals surface area contributed by atoms with E-state index in [0.717, 1.165) is 10.6 Å². The predicted molar refractivity (Wildman–Crippen MR) is 72.6 cm³/mol. The van der Waals surface area contributed by atoms with Gasteiger partial charge in [-0.2, -0.15) is 0 Å². The topological polar surface area (TPSA) is 42.2 Å². The Morgan fingerprint density at radius 3 is 2.53 bits per heavy atom. The first-order chi connectivity index (χ1) is 8.20. The summed E-state index contributed by atoms with van der Waals surface area (Å²) in [6.45, 7) is 0. The van der Waals surface area contributed by atoms with Crippen LogP contribution in [0.25, 0.3) is 0 Å². The van der Waals surface area contributed by atoms with Crippen molar-refractivity contribution < 1.29 is 9.21 Å². The van der Waals surface area contributed by atoms with Crippen molar-refractivity contribution in [2.24, 2.45) is 0 Å². The van der Waals surface area contributed by atoms with Crippen LogP contribution < -0.4 is 5.32 Å². The zero-order chi connectivity index (χ0) is 12.3. The summed E-state index contributed by atoms with van der Waals surface area (Å²) in [5, 5.41) is 2.80. The van der Waals surface area contributed by atoms with Crippen molar-refractivity contribution in [3.05, 3.63) is 46.8 Å². The van der Waals surface area contributed by atoms with Gasteiger partial charge >= 0.3 is 0 Å². The van der Waals surface area contributed by atoms with E-state index in [1.165, 1.54) is 6.26 Å². The fourth-order valence-corrected chi connectivity index (χ4v) is 2.16. The molecule has 0 bridgehead atoms. The van der Waals surface area contributed by atoms with E-state index in [1.807, 2.05) is 30.5 Å². The smallest absolute Gasteiger partial charge is 0.260 e. The van der Waals surface area contributed by atoms with E-state index in [1.54, 1.807) is 17.8 Å². The maximum absolute atomic E-state index is 11.8. The number of thioether (sulfide) groups is 1. The van der Waals surface area contributed by atoms with Gasteiger partial charge in [-0.25, -0.2) is 0 Å². The van der Waals surface area contributed by atoms with Gasteiger partial charge in [-0.05, 0) is 52.5 Å². The summed E-state index contributed by atoms with van der Waals surface area (Å²) in [7, 11) is 0. The van der Waals surface area contributed by atoms with Crippen molar-refractivity contribution >= 4 is 39.3 Å². The second-order valence-corrected chi connectivity index (χ2v) is 4.89. The standard InChI is InChI=1S/C12H10BrNO2S/c1-17-9-4-2-8(3-5-9)14-12(15)10-6-7-16-11(10)13/h2-7H,1H3,(H,14,15). The summed E-state index contributed by atoms with van der Waals surface area (Å²) < 4.78 is 5.45. The number of furan rings is 1. The number of anilines is 1. The number of hydrogen-bond acceptors (Lipinski definition) is 3.